The van der Waals surface area contributed by atoms with Gasteiger partial charge in [0, 0.05) is 12.3 Å². The van der Waals surface area contributed by atoms with E-state index in [1.807, 2.05) is 66.7 Å². The lowest BCUT2D eigenvalue weighted by molar-refractivity contribution is -0.162. The van der Waals surface area contributed by atoms with Crippen LogP contribution in [-0.4, -0.2) is 47.1 Å². The topological polar surface area (TPSA) is 99.2 Å². The first-order chi connectivity index (χ1) is 19.1. The van der Waals surface area contributed by atoms with E-state index in [4.69, 9.17) is 14.2 Å². The molecule has 0 aromatic heterocycles. The smallest absolute Gasteiger partial charge is 0.417 e. The number of rotatable bonds is 6. The maximum atomic E-state index is 13.4. The van der Waals surface area contributed by atoms with Crippen LogP contribution in [0.15, 0.2) is 78.9 Å². The van der Waals surface area contributed by atoms with Crippen LogP contribution in [0.1, 0.15) is 49.8 Å². The van der Waals surface area contributed by atoms with Crippen LogP contribution < -0.4 is 0 Å². The van der Waals surface area contributed by atoms with E-state index in [0.29, 0.717) is 4.90 Å². The molecule has 2 aliphatic rings. The van der Waals surface area contributed by atoms with Gasteiger partial charge in [0.2, 0.25) is 5.91 Å². The highest BCUT2D eigenvalue weighted by molar-refractivity contribution is 6.08. The summed E-state index contributed by atoms with van der Waals surface area (Å²) in [5, 5.41) is 0. The zero-order valence-corrected chi connectivity index (χ0v) is 22.7. The molecule has 206 valence electrons. The fourth-order valence-corrected chi connectivity index (χ4v) is 5.23. The number of esters is 2. The Balaban J connectivity index is 1.35. The SMILES string of the molecule is CC(C)(C)OC(=O)C1C[C@@H](C(=O)OCc2ccccc2)N(C(=O)OCC2c3ccccc3-c3ccccc32)C1=O. The number of likely N-dealkylation sites (tertiary alicyclic amines) is 1. The van der Waals surface area contributed by atoms with Crippen molar-refractivity contribution >= 4 is 23.9 Å². The molecule has 1 fully saturated rings. The molecule has 2 amide bonds. The Labute approximate surface area is 232 Å². The number of hydrogen-bond donors (Lipinski definition) is 0. The molecular weight excluding hydrogens is 510 g/mol. The Morgan fingerprint density at radius 3 is 1.98 bits per heavy atom. The van der Waals surface area contributed by atoms with Gasteiger partial charge in [-0.25, -0.2) is 14.5 Å². The molecule has 8 heteroatoms. The molecule has 1 aliphatic heterocycles. The van der Waals surface area contributed by atoms with Gasteiger partial charge in [0.1, 0.15) is 30.8 Å². The minimum atomic E-state index is -1.33. The van der Waals surface area contributed by atoms with E-state index in [1.165, 1.54) is 0 Å². The van der Waals surface area contributed by atoms with Gasteiger partial charge in [0.05, 0.1) is 0 Å². The third-order valence-corrected chi connectivity index (χ3v) is 7.03. The van der Waals surface area contributed by atoms with Gasteiger partial charge in [-0.1, -0.05) is 78.9 Å². The standard InChI is InChI=1S/C32H31NO7/c1-32(2,3)40-29(35)25-17-27(30(36)38-18-20-11-5-4-6-12-20)33(28(25)34)31(37)39-19-26-23-15-9-7-13-21(23)22-14-8-10-16-24(22)26/h4-16,25-27H,17-19H2,1-3H3/t25?,27-/m0/s1. The first kappa shape index (κ1) is 27.1. The van der Waals surface area contributed by atoms with Gasteiger partial charge in [0.15, 0.2) is 0 Å². The molecule has 0 N–H and O–H groups in total. The van der Waals surface area contributed by atoms with Gasteiger partial charge in [0.25, 0.3) is 0 Å². The predicted octanol–water partition coefficient (Wildman–Crippen LogP) is 5.24. The number of ether oxygens (including phenoxy) is 3. The first-order valence-corrected chi connectivity index (χ1v) is 13.3. The lowest BCUT2D eigenvalue weighted by Gasteiger charge is -2.23. The van der Waals surface area contributed by atoms with Gasteiger partial charge in [-0.2, -0.15) is 0 Å². The average Bonchev–Trinajstić information content (AvgIpc) is 3.45. The lowest BCUT2D eigenvalue weighted by Crippen LogP contribution is -2.45. The number of fused-ring (bicyclic) bond motifs is 3. The Hall–Kier alpha value is -4.46. The van der Waals surface area contributed by atoms with Crippen molar-refractivity contribution in [3.63, 3.8) is 0 Å². The summed E-state index contributed by atoms with van der Waals surface area (Å²) in [6.07, 6.45) is -1.24. The zero-order valence-electron chi connectivity index (χ0n) is 22.7. The summed E-state index contributed by atoms with van der Waals surface area (Å²) in [4.78, 5) is 53.5. The minimum Gasteiger partial charge on any atom is -0.459 e. The van der Waals surface area contributed by atoms with Gasteiger partial charge in [-0.05, 0) is 48.6 Å². The second kappa shape index (κ2) is 11.0. The van der Waals surface area contributed by atoms with Gasteiger partial charge >= 0.3 is 18.0 Å². The molecule has 1 aliphatic carbocycles. The van der Waals surface area contributed by atoms with Crippen molar-refractivity contribution in [2.24, 2.45) is 5.92 Å². The van der Waals surface area contributed by atoms with Crippen molar-refractivity contribution in [3.8, 4) is 11.1 Å². The Bertz CT molecular complexity index is 1400. The van der Waals surface area contributed by atoms with Crippen LogP contribution in [0.25, 0.3) is 11.1 Å². The number of amides is 2. The second-order valence-corrected chi connectivity index (χ2v) is 10.9. The van der Waals surface area contributed by atoms with E-state index < -0.39 is 41.5 Å². The molecule has 0 bridgehead atoms. The maximum Gasteiger partial charge on any atom is 0.417 e. The van der Waals surface area contributed by atoms with E-state index in [0.717, 1.165) is 27.8 Å². The number of imide groups is 1. The normalized spacial score (nSPS) is 18.2. The summed E-state index contributed by atoms with van der Waals surface area (Å²) in [7, 11) is 0. The molecule has 0 saturated carbocycles. The summed E-state index contributed by atoms with van der Waals surface area (Å²) >= 11 is 0. The first-order valence-electron chi connectivity index (χ1n) is 13.3. The van der Waals surface area contributed by atoms with Crippen LogP contribution in [0.5, 0.6) is 0 Å². The number of nitrogens with zero attached hydrogens (tertiary/aromatic N) is 1. The number of hydrogen-bond acceptors (Lipinski definition) is 7. The van der Waals surface area contributed by atoms with E-state index in [2.05, 4.69) is 0 Å². The molecule has 0 radical (unpaired) electrons. The summed E-state index contributed by atoms with van der Waals surface area (Å²) in [6.45, 7) is 4.96. The van der Waals surface area contributed by atoms with E-state index in [9.17, 15) is 19.2 Å². The van der Waals surface area contributed by atoms with Crippen molar-refractivity contribution in [2.75, 3.05) is 6.61 Å². The maximum absolute atomic E-state index is 13.4. The summed E-state index contributed by atoms with van der Waals surface area (Å²) < 4.78 is 16.5. The molecule has 3 aromatic carbocycles. The van der Waals surface area contributed by atoms with Crippen molar-refractivity contribution in [2.45, 2.75) is 51.4 Å². The highest BCUT2D eigenvalue weighted by atomic mass is 16.6. The van der Waals surface area contributed by atoms with E-state index in [-0.39, 0.29) is 25.6 Å². The highest BCUT2D eigenvalue weighted by Gasteiger charge is 2.52. The summed E-state index contributed by atoms with van der Waals surface area (Å²) in [5.41, 5.74) is 4.03. The van der Waals surface area contributed by atoms with Crippen LogP contribution in [0.4, 0.5) is 4.79 Å². The number of carbonyl (C=O) groups excluding carboxylic acids is 4. The average molecular weight is 542 g/mol. The Kier molecular flexibility index (Phi) is 7.43. The summed E-state index contributed by atoms with van der Waals surface area (Å²) in [5.74, 6) is -4.00. The lowest BCUT2D eigenvalue weighted by atomic mass is 9.98. The molecule has 40 heavy (non-hydrogen) atoms. The van der Waals surface area contributed by atoms with Crippen LogP contribution in [0.2, 0.25) is 0 Å². The van der Waals surface area contributed by atoms with Crippen LogP contribution in [0.3, 0.4) is 0 Å². The fraction of sp³-hybridized carbons (Fsp3) is 0.312. The Morgan fingerprint density at radius 1 is 0.800 bits per heavy atom. The third kappa shape index (κ3) is 5.47. The molecule has 1 unspecified atom stereocenters. The van der Waals surface area contributed by atoms with Gasteiger partial charge in [-0.15, -0.1) is 0 Å². The third-order valence-electron chi connectivity index (χ3n) is 7.03. The largest absolute Gasteiger partial charge is 0.459 e. The zero-order chi connectivity index (χ0) is 28.4. The monoisotopic (exact) mass is 541 g/mol. The van der Waals surface area contributed by atoms with E-state index >= 15 is 0 Å². The van der Waals surface area contributed by atoms with Crippen LogP contribution >= 0.6 is 0 Å². The molecule has 0 spiro atoms. The van der Waals surface area contributed by atoms with Crippen molar-refractivity contribution in [1.29, 1.82) is 0 Å². The number of benzene rings is 3. The molecule has 1 saturated heterocycles. The van der Waals surface area contributed by atoms with Crippen molar-refractivity contribution in [3.05, 3.63) is 95.6 Å². The highest BCUT2D eigenvalue weighted by Crippen LogP contribution is 2.44. The molecule has 5 rings (SSSR count). The fourth-order valence-electron chi connectivity index (χ4n) is 5.23. The molecule has 2 atom stereocenters. The molecular formula is C32H31NO7. The van der Waals surface area contributed by atoms with Crippen molar-refractivity contribution in [1.82, 2.24) is 4.90 Å². The van der Waals surface area contributed by atoms with Crippen LogP contribution in [-0.2, 0) is 35.2 Å². The second-order valence-electron chi connectivity index (χ2n) is 10.9. The van der Waals surface area contributed by atoms with Gasteiger partial charge < -0.3 is 14.2 Å². The van der Waals surface area contributed by atoms with E-state index in [1.54, 1.807) is 32.9 Å². The predicted molar refractivity (Wildman–Crippen MR) is 146 cm³/mol. The van der Waals surface area contributed by atoms with Crippen molar-refractivity contribution < 1.29 is 33.4 Å². The minimum absolute atomic E-state index is 0.0417. The molecule has 8 nitrogen and oxygen atoms in total. The Morgan fingerprint density at radius 2 is 1.38 bits per heavy atom. The molecule has 3 aromatic rings. The molecule has 1 heterocycles. The quantitative estimate of drug-likeness (QED) is 0.239. The van der Waals surface area contributed by atoms with Gasteiger partial charge in [-0.3, -0.25) is 9.59 Å². The number of carbonyl (C=O) groups is 4. The summed E-state index contributed by atoms with van der Waals surface area (Å²) in [6, 6.07) is 23.5. The van der Waals surface area contributed by atoms with Crippen LogP contribution in [0, 0.1) is 5.92 Å².